The molecule has 0 amide bonds. The van der Waals surface area contributed by atoms with E-state index in [9.17, 15) is 4.39 Å². The summed E-state index contributed by atoms with van der Waals surface area (Å²) in [5.74, 6) is 0.658. The van der Waals surface area contributed by atoms with E-state index < -0.39 is 0 Å². The Kier molecular flexibility index (Phi) is 4.65. The molecule has 0 unspecified atom stereocenters. The van der Waals surface area contributed by atoms with Crippen molar-refractivity contribution in [3.63, 3.8) is 0 Å². The molecule has 0 radical (unpaired) electrons. The fourth-order valence-corrected chi connectivity index (χ4v) is 3.28. The number of rotatable bonds is 6. The molecule has 0 spiro atoms. The molecule has 1 aromatic carbocycles. The van der Waals surface area contributed by atoms with Gasteiger partial charge in [0, 0.05) is 36.9 Å². The standard InChI is InChI=1S/C22H17FN6O/c23-17-3-1-16(2-4-17)19-20(29-13-14-30-22(29)28-19)18-8-12-26-21(27-18)25-11-7-15-5-9-24-10-6-15/h1-6,8-10,12-14H,7,11H2,(H,25,26,27). The SMILES string of the molecule is Fc1ccc(-c2nc3occn3c2-c2ccnc(NCCc3ccncc3)n2)cc1. The van der Waals surface area contributed by atoms with Crippen LogP contribution in [0.3, 0.4) is 0 Å². The zero-order chi connectivity index (χ0) is 20.3. The van der Waals surface area contributed by atoms with Gasteiger partial charge in [0.2, 0.25) is 5.95 Å². The molecule has 1 N–H and O–H groups in total. The second kappa shape index (κ2) is 7.75. The fourth-order valence-electron chi connectivity index (χ4n) is 3.28. The number of pyridine rings is 1. The zero-order valence-electron chi connectivity index (χ0n) is 15.9. The third-order valence-electron chi connectivity index (χ3n) is 4.72. The summed E-state index contributed by atoms with van der Waals surface area (Å²) in [6, 6.07) is 12.0. The van der Waals surface area contributed by atoms with Crippen molar-refractivity contribution in [1.82, 2.24) is 24.3 Å². The highest BCUT2D eigenvalue weighted by Crippen LogP contribution is 2.32. The van der Waals surface area contributed by atoms with Crippen LogP contribution >= 0.6 is 0 Å². The molecule has 0 saturated heterocycles. The van der Waals surface area contributed by atoms with Gasteiger partial charge in [-0.15, -0.1) is 0 Å². The zero-order valence-corrected chi connectivity index (χ0v) is 15.9. The summed E-state index contributed by atoms with van der Waals surface area (Å²) in [7, 11) is 0. The lowest BCUT2D eigenvalue weighted by Gasteiger charge is -2.08. The third kappa shape index (κ3) is 3.50. The molecule has 4 aromatic heterocycles. The van der Waals surface area contributed by atoms with Crippen molar-refractivity contribution < 1.29 is 8.81 Å². The average molecular weight is 400 g/mol. The van der Waals surface area contributed by atoms with E-state index in [4.69, 9.17) is 4.42 Å². The van der Waals surface area contributed by atoms with E-state index in [1.54, 1.807) is 43.2 Å². The van der Waals surface area contributed by atoms with Gasteiger partial charge in [0.15, 0.2) is 0 Å². The normalized spacial score (nSPS) is 11.1. The van der Waals surface area contributed by atoms with Crippen molar-refractivity contribution in [2.45, 2.75) is 6.42 Å². The van der Waals surface area contributed by atoms with Crippen LogP contribution in [0.5, 0.6) is 0 Å². The Morgan fingerprint density at radius 3 is 2.63 bits per heavy atom. The molecule has 0 atom stereocenters. The van der Waals surface area contributed by atoms with Gasteiger partial charge in [0.05, 0.1) is 5.69 Å². The maximum absolute atomic E-state index is 13.4. The van der Waals surface area contributed by atoms with Gasteiger partial charge < -0.3 is 9.73 Å². The Hall–Kier alpha value is -4.07. The van der Waals surface area contributed by atoms with Gasteiger partial charge in [0.25, 0.3) is 0 Å². The molecule has 0 aliphatic heterocycles. The average Bonchev–Trinajstić information content (AvgIpc) is 3.37. The molecule has 8 heteroatoms. The number of nitrogens with zero attached hydrogens (tertiary/aromatic N) is 5. The Balaban J connectivity index is 1.46. The van der Waals surface area contributed by atoms with Crippen molar-refractivity contribution in [2.24, 2.45) is 0 Å². The number of fused-ring (bicyclic) bond motifs is 1. The van der Waals surface area contributed by atoms with Crippen molar-refractivity contribution in [3.8, 4) is 22.6 Å². The van der Waals surface area contributed by atoms with Crippen molar-refractivity contribution in [1.29, 1.82) is 0 Å². The number of hydrogen-bond acceptors (Lipinski definition) is 6. The minimum absolute atomic E-state index is 0.300. The third-order valence-corrected chi connectivity index (χ3v) is 4.72. The molecule has 0 aliphatic rings. The van der Waals surface area contributed by atoms with E-state index in [1.165, 1.54) is 17.7 Å². The molecule has 5 rings (SSSR count). The van der Waals surface area contributed by atoms with Crippen LogP contribution in [0.15, 0.2) is 77.9 Å². The molecule has 0 bridgehead atoms. The molecule has 7 nitrogen and oxygen atoms in total. The minimum Gasteiger partial charge on any atom is -0.432 e. The van der Waals surface area contributed by atoms with E-state index in [2.05, 4.69) is 25.3 Å². The molecule has 0 aliphatic carbocycles. The van der Waals surface area contributed by atoms with Crippen LogP contribution in [0.2, 0.25) is 0 Å². The summed E-state index contributed by atoms with van der Waals surface area (Å²) in [6.45, 7) is 0.686. The predicted molar refractivity (Wildman–Crippen MR) is 110 cm³/mol. The predicted octanol–water partition coefficient (Wildman–Crippen LogP) is 4.24. The Morgan fingerprint density at radius 1 is 0.967 bits per heavy atom. The number of oxazole rings is 1. The van der Waals surface area contributed by atoms with Gasteiger partial charge in [-0.25, -0.2) is 14.4 Å². The van der Waals surface area contributed by atoms with Gasteiger partial charge >= 0.3 is 5.84 Å². The first kappa shape index (κ1) is 18.0. The number of anilines is 1. The van der Waals surface area contributed by atoms with Crippen LogP contribution in [-0.2, 0) is 6.42 Å². The first-order chi connectivity index (χ1) is 14.8. The number of halogens is 1. The molecule has 30 heavy (non-hydrogen) atoms. The lowest BCUT2D eigenvalue weighted by atomic mass is 10.1. The summed E-state index contributed by atoms with van der Waals surface area (Å²) in [4.78, 5) is 17.6. The Morgan fingerprint density at radius 2 is 1.80 bits per heavy atom. The highest BCUT2D eigenvalue weighted by atomic mass is 19.1. The van der Waals surface area contributed by atoms with Crippen LogP contribution in [0.1, 0.15) is 5.56 Å². The number of imidazole rings is 1. The van der Waals surface area contributed by atoms with Crippen LogP contribution in [0.4, 0.5) is 10.3 Å². The molecular formula is C22H17FN6O. The van der Waals surface area contributed by atoms with E-state index in [-0.39, 0.29) is 5.82 Å². The topological polar surface area (TPSA) is 81.1 Å². The van der Waals surface area contributed by atoms with Crippen molar-refractivity contribution in [3.05, 3.63) is 84.9 Å². The van der Waals surface area contributed by atoms with Crippen LogP contribution in [-0.4, -0.2) is 30.9 Å². The monoisotopic (exact) mass is 400 g/mol. The van der Waals surface area contributed by atoms with E-state index in [1.807, 2.05) is 22.6 Å². The number of nitrogens with one attached hydrogen (secondary N) is 1. The molecule has 0 fully saturated rings. The summed E-state index contributed by atoms with van der Waals surface area (Å²) in [5, 5.41) is 3.26. The quantitative estimate of drug-likeness (QED) is 0.459. The van der Waals surface area contributed by atoms with Crippen LogP contribution < -0.4 is 5.32 Å². The van der Waals surface area contributed by atoms with Crippen LogP contribution in [0.25, 0.3) is 28.5 Å². The maximum atomic E-state index is 13.4. The number of aromatic nitrogens is 5. The summed E-state index contributed by atoms with van der Waals surface area (Å²) in [6.07, 6.45) is 9.43. The van der Waals surface area contributed by atoms with Gasteiger partial charge in [-0.05, 0) is 54.4 Å². The maximum Gasteiger partial charge on any atom is 0.306 e. The van der Waals surface area contributed by atoms with Gasteiger partial charge in [0.1, 0.15) is 23.5 Å². The summed E-state index contributed by atoms with van der Waals surface area (Å²) >= 11 is 0. The van der Waals surface area contributed by atoms with Crippen LogP contribution in [0, 0.1) is 5.82 Å². The molecule has 0 saturated carbocycles. The lowest BCUT2D eigenvalue weighted by molar-refractivity contribution is 0.596. The smallest absolute Gasteiger partial charge is 0.306 e. The van der Waals surface area contributed by atoms with Gasteiger partial charge in [-0.1, -0.05) is 0 Å². The molecule has 4 heterocycles. The summed E-state index contributed by atoms with van der Waals surface area (Å²) in [5.41, 5.74) is 4.06. The highest BCUT2D eigenvalue weighted by molar-refractivity contribution is 5.79. The lowest BCUT2D eigenvalue weighted by Crippen LogP contribution is -2.08. The molecule has 148 valence electrons. The second-order valence-electron chi connectivity index (χ2n) is 6.67. The van der Waals surface area contributed by atoms with E-state index >= 15 is 0 Å². The number of hydrogen-bond donors (Lipinski definition) is 1. The highest BCUT2D eigenvalue weighted by Gasteiger charge is 2.19. The first-order valence-corrected chi connectivity index (χ1v) is 9.45. The minimum atomic E-state index is -0.300. The summed E-state index contributed by atoms with van der Waals surface area (Å²) < 4.78 is 20.7. The number of benzene rings is 1. The van der Waals surface area contributed by atoms with E-state index in [0.717, 1.165) is 17.7 Å². The molecule has 5 aromatic rings. The Labute approximate surface area is 171 Å². The Bertz CT molecular complexity index is 1280. The van der Waals surface area contributed by atoms with Gasteiger partial charge in [-0.2, -0.15) is 4.98 Å². The largest absolute Gasteiger partial charge is 0.432 e. The second-order valence-corrected chi connectivity index (χ2v) is 6.67. The molecular weight excluding hydrogens is 383 g/mol. The van der Waals surface area contributed by atoms with Crippen molar-refractivity contribution in [2.75, 3.05) is 11.9 Å². The van der Waals surface area contributed by atoms with Gasteiger partial charge in [-0.3, -0.25) is 9.38 Å². The van der Waals surface area contributed by atoms with Crippen molar-refractivity contribution >= 4 is 11.8 Å². The first-order valence-electron chi connectivity index (χ1n) is 9.45. The fraction of sp³-hybridized carbons (Fsp3) is 0.0909. The van der Waals surface area contributed by atoms with E-state index in [0.29, 0.717) is 29.7 Å².